The fraction of sp³-hybridized carbons (Fsp3) is 0.417. The van der Waals surface area contributed by atoms with E-state index in [-0.39, 0.29) is 34.5 Å². The molecule has 0 fully saturated rings. The van der Waals surface area contributed by atoms with Crippen LogP contribution >= 0.6 is 23.2 Å². The molecule has 0 saturated heterocycles. The van der Waals surface area contributed by atoms with Gasteiger partial charge in [-0.15, -0.1) is 0 Å². The Kier molecular flexibility index (Phi) is 6.26. The summed E-state index contributed by atoms with van der Waals surface area (Å²) in [4.78, 5) is 11.1. The van der Waals surface area contributed by atoms with Crippen LogP contribution in [0.25, 0.3) is 0 Å². The number of carbonyl (C=O) groups excluding carboxylic acids is 1. The molecule has 0 saturated carbocycles. The minimum absolute atomic E-state index is 0.0112. The molecule has 0 atom stereocenters. The van der Waals surface area contributed by atoms with Gasteiger partial charge in [-0.1, -0.05) is 29.3 Å². The van der Waals surface area contributed by atoms with Gasteiger partial charge in [0.25, 0.3) is 0 Å². The van der Waals surface area contributed by atoms with Crippen molar-refractivity contribution in [2.75, 3.05) is 20.2 Å². The van der Waals surface area contributed by atoms with Crippen molar-refractivity contribution >= 4 is 39.2 Å². The first kappa shape index (κ1) is 17.2. The molecule has 0 unspecified atom stereocenters. The molecule has 1 aromatic carbocycles. The van der Waals surface area contributed by atoms with E-state index in [1.807, 2.05) is 0 Å². The average Bonchev–Trinajstić information content (AvgIpc) is 2.35. The van der Waals surface area contributed by atoms with Gasteiger partial charge in [0.2, 0.25) is 10.0 Å². The summed E-state index contributed by atoms with van der Waals surface area (Å²) in [5, 5.41) is 0.0842. The predicted octanol–water partition coefficient (Wildman–Crippen LogP) is 2.57. The standard InChI is InChI=1S/C12H15Cl2NO4S/c1-3-19-11(16)7-8-15(2)20(17,18)12-9(13)5-4-6-10(12)14/h4-6H,3,7-8H2,1-2H3. The fourth-order valence-electron chi connectivity index (χ4n) is 1.49. The molecule has 112 valence electrons. The first-order valence-electron chi connectivity index (χ1n) is 5.86. The van der Waals surface area contributed by atoms with E-state index in [9.17, 15) is 13.2 Å². The minimum Gasteiger partial charge on any atom is -0.466 e. The topological polar surface area (TPSA) is 63.7 Å². The van der Waals surface area contributed by atoms with Crippen LogP contribution in [-0.4, -0.2) is 38.9 Å². The predicted molar refractivity (Wildman–Crippen MR) is 77.5 cm³/mol. The molecule has 0 radical (unpaired) electrons. The lowest BCUT2D eigenvalue weighted by Crippen LogP contribution is -2.30. The summed E-state index contributed by atoms with van der Waals surface area (Å²) < 4.78 is 30.5. The number of hydrogen-bond acceptors (Lipinski definition) is 4. The summed E-state index contributed by atoms with van der Waals surface area (Å²) in [5.74, 6) is -0.459. The van der Waals surface area contributed by atoms with E-state index in [4.69, 9.17) is 27.9 Å². The molecule has 8 heteroatoms. The summed E-state index contributed by atoms with van der Waals surface area (Å²) in [6, 6.07) is 4.45. The molecule has 0 aliphatic heterocycles. The highest BCUT2D eigenvalue weighted by Gasteiger charge is 2.26. The smallest absolute Gasteiger partial charge is 0.307 e. The fourth-order valence-corrected chi connectivity index (χ4v) is 3.74. The van der Waals surface area contributed by atoms with Crippen LogP contribution < -0.4 is 0 Å². The first-order valence-corrected chi connectivity index (χ1v) is 8.06. The van der Waals surface area contributed by atoms with Crippen molar-refractivity contribution in [1.82, 2.24) is 4.31 Å². The van der Waals surface area contributed by atoms with Gasteiger partial charge in [0.05, 0.1) is 23.1 Å². The molecule has 0 heterocycles. The molecule has 1 rings (SSSR count). The maximum Gasteiger partial charge on any atom is 0.307 e. The number of benzene rings is 1. The van der Waals surface area contributed by atoms with Crippen LogP contribution in [0.1, 0.15) is 13.3 Å². The summed E-state index contributed by atoms with van der Waals surface area (Å²) in [6.45, 7) is 1.93. The van der Waals surface area contributed by atoms with Crippen LogP contribution in [0, 0.1) is 0 Å². The van der Waals surface area contributed by atoms with E-state index in [0.717, 1.165) is 4.31 Å². The number of ether oxygens (including phenoxy) is 1. The van der Waals surface area contributed by atoms with Gasteiger partial charge in [-0.3, -0.25) is 4.79 Å². The molecular weight excluding hydrogens is 325 g/mol. The van der Waals surface area contributed by atoms with Crippen molar-refractivity contribution in [2.45, 2.75) is 18.2 Å². The van der Waals surface area contributed by atoms with Gasteiger partial charge in [-0.2, -0.15) is 0 Å². The van der Waals surface area contributed by atoms with Gasteiger partial charge < -0.3 is 4.74 Å². The largest absolute Gasteiger partial charge is 0.466 e. The van der Waals surface area contributed by atoms with Crippen LogP contribution in [0.3, 0.4) is 0 Å². The highest BCUT2D eigenvalue weighted by molar-refractivity contribution is 7.89. The Bertz CT molecular complexity index is 569. The number of carbonyl (C=O) groups is 1. The molecule has 0 N–H and O–H groups in total. The Hall–Kier alpha value is -0.820. The third kappa shape index (κ3) is 4.09. The molecule has 1 aromatic rings. The van der Waals surface area contributed by atoms with Crippen molar-refractivity contribution in [1.29, 1.82) is 0 Å². The van der Waals surface area contributed by atoms with Crippen LogP contribution in [0.5, 0.6) is 0 Å². The van der Waals surface area contributed by atoms with Gasteiger partial charge in [0.1, 0.15) is 4.90 Å². The number of nitrogens with zero attached hydrogens (tertiary/aromatic N) is 1. The van der Waals surface area contributed by atoms with Gasteiger partial charge >= 0.3 is 5.97 Å². The Labute approximate surface area is 128 Å². The van der Waals surface area contributed by atoms with Crippen LogP contribution in [-0.2, 0) is 19.6 Å². The second kappa shape index (κ2) is 7.26. The monoisotopic (exact) mass is 339 g/mol. The Morgan fingerprint density at radius 1 is 1.30 bits per heavy atom. The second-order valence-corrected chi connectivity index (χ2v) is 6.73. The van der Waals surface area contributed by atoms with E-state index in [2.05, 4.69) is 0 Å². The summed E-state index contributed by atoms with van der Waals surface area (Å²) >= 11 is 11.8. The third-order valence-corrected chi connectivity index (χ3v) is 5.34. The lowest BCUT2D eigenvalue weighted by atomic mass is 10.4. The van der Waals surface area contributed by atoms with E-state index >= 15 is 0 Å². The molecule has 5 nitrogen and oxygen atoms in total. The van der Waals surface area contributed by atoms with Crippen molar-refractivity contribution in [2.24, 2.45) is 0 Å². The maximum absolute atomic E-state index is 12.3. The summed E-state index contributed by atoms with van der Waals surface area (Å²) in [7, 11) is -2.49. The highest BCUT2D eigenvalue weighted by atomic mass is 35.5. The average molecular weight is 340 g/mol. The molecule has 20 heavy (non-hydrogen) atoms. The number of hydrogen-bond donors (Lipinski definition) is 0. The van der Waals surface area contributed by atoms with Crippen molar-refractivity contribution < 1.29 is 17.9 Å². The minimum atomic E-state index is -3.85. The molecule has 0 aromatic heterocycles. The van der Waals surface area contributed by atoms with Crippen molar-refractivity contribution in [3.8, 4) is 0 Å². The molecule has 0 amide bonds. The molecule has 0 spiro atoms. The quantitative estimate of drug-likeness (QED) is 0.747. The number of halogens is 2. The Morgan fingerprint density at radius 2 is 1.85 bits per heavy atom. The van der Waals surface area contributed by atoms with E-state index in [0.29, 0.717) is 0 Å². The Balaban J connectivity index is 2.91. The Morgan fingerprint density at radius 3 is 2.35 bits per heavy atom. The second-order valence-electron chi connectivity index (χ2n) is 3.93. The van der Waals surface area contributed by atoms with Gasteiger partial charge in [-0.25, -0.2) is 12.7 Å². The first-order chi connectivity index (χ1) is 9.30. The normalized spacial score (nSPS) is 11.7. The molecule has 0 aliphatic rings. The summed E-state index contributed by atoms with van der Waals surface area (Å²) in [5.41, 5.74) is 0. The van der Waals surface area contributed by atoms with E-state index < -0.39 is 16.0 Å². The lowest BCUT2D eigenvalue weighted by molar-refractivity contribution is -0.143. The maximum atomic E-state index is 12.3. The van der Waals surface area contributed by atoms with E-state index in [1.165, 1.54) is 19.2 Å². The number of rotatable bonds is 6. The summed E-state index contributed by atoms with van der Waals surface area (Å²) in [6.07, 6.45) is -0.0361. The zero-order valence-electron chi connectivity index (χ0n) is 11.1. The zero-order valence-corrected chi connectivity index (χ0v) is 13.4. The van der Waals surface area contributed by atoms with E-state index in [1.54, 1.807) is 13.0 Å². The van der Waals surface area contributed by atoms with Gasteiger partial charge in [0, 0.05) is 13.6 Å². The lowest BCUT2D eigenvalue weighted by Gasteiger charge is -2.18. The van der Waals surface area contributed by atoms with Crippen LogP contribution in [0.15, 0.2) is 23.1 Å². The third-order valence-electron chi connectivity index (χ3n) is 2.52. The zero-order chi connectivity index (χ0) is 15.3. The molecule has 0 bridgehead atoms. The van der Waals surface area contributed by atoms with Crippen LogP contribution in [0.4, 0.5) is 0 Å². The number of esters is 1. The highest BCUT2D eigenvalue weighted by Crippen LogP contribution is 2.30. The SMILES string of the molecule is CCOC(=O)CCN(C)S(=O)(=O)c1c(Cl)cccc1Cl. The molecular formula is C12H15Cl2NO4S. The van der Waals surface area contributed by atoms with Crippen LogP contribution in [0.2, 0.25) is 10.0 Å². The van der Waals surface area contributed by atoms with Gasteiger partial charge in [0.15, 0.2) is 0 Å². The van der Waals surface area contributed by atoms with Crippen molar-refractivity contribution in [3.05, 3.63) is 28.2 Å². The molecule has 0 aliphatic carbocycles. The van der Waals surface area contributed by atoms with Gasteiger partial charge in [-0.05, 0) is 19.1 Å². The van der Waals surface area contributed by atoms with Crippen molar-refractivity contribution in [3.63, 3.8) is 0 Å². The number of sulfonamides is 1.